The summed E-state index contributed by atoms with van der Waals surface area (Å²) in [6.45, 7) is 1.83. The number of carbonyl (C=O) groups excluding carboxylic acids is 1. The Labute approximate surface area is 94.6 Å². The molecule has 0 fully saturated rings. The van der Waals surface area contributed by atoms with Crippen molar-refractivity contribution in [1.29, 1.82) is 0 Å². The molecule has 4 heteroatoms. The number of nitrogens with one attached hydrogen (secondary N) is 1. The van der Waals surface area contributed by atoms with E-state index in [0.717, 1.165) is 5.56 Å². The number of benzene rings is 1. The number of halogens is 1. The highest BCUT2D eigenvalue weighted by atomic mass is 19.1. The fourth-order valence-electron chi connectivity index (χ4n) is 1.53. The lowest BCUT2D eigenvalue weighted by molar-refractivity contribution is -0.142. The van der Waals surface area contributed by atoms with E-state index < -0.39 is 5.54 Å². The van der Waals surface area contributed by atoms with Gasteiger partial charge in [0.25, 0.3) is 0 Å². The van der Waals surface area contributed by atoms with Crippen molar-refractivity contribution in [2.24, 2.45) is 0 Å². The fourth-order valence-corrected chi connectivity index (χ4v) is 1.53. The second-order valence-corrected chi connectivity index (χ2v) is 3.85. The number of carbonyl (C=O) groups is 1. The minimum atomic E-state index is -0.616. The van der Waals surface area contributed by atoms with E-state index in [1.54, 1.807) is 19.2 Å². The smallest absolute Gasteiger partial charge is 0.307 e. The van der Waals surface area contributed by atoms with E-state index in [4.69, 9.17) is 0 Å². The van der Waals surface area contributed by atoms with Crippen molar-refractivity contribution in [3.8, 4) is 0 Å². The van der Waals surface area contributed by atoms with E-state index in [1.165, 1.54) is 19.2 Å². The van der Waals surface area contributed by atoms with Crippen LogP contribution in [0.4, 0.5) is 4.39 Å². The van der Waals surface area contributed by atoms with Crippen LogP contribution in [0.5, 0.6) is 0 Å². The summed E-state index contributed by atoms with van der Waals surface area (Å²) < 4.78 is 17.7. The lowest BCUT2D eigenvalue weighted by atomic mass is 9.89. The molecule has 0 amide bonds. The topological polar surface area (TPSA) is 38.3 Å². The predicted octanol–water partition coefficient (Wildman–Crippen LogP) is 1.82. The first-order valence-corrected chi connectivity index (χ1v) is 5.03. The third-order valence-electron chi connectivity index (χ3n) is 2.74. The molecule has 0 saturated carbocycles. The maximum Gasteiger partial charge on any atom is 0.307 e. The SMILES string of the molecule is CN[C@](C)(CC(=O)OC)c1cccc(F)c1. The molecule has 0 aromatic heterocycles. The van der Waals surface area contributed by atoms with Gasteiger partial charge in [-0.2, -0.15) is 0 Å². The highest BCUT2D eigenvalue weighted by Crippen LogP contribution is 2.25. The Morgan fingerprint density at radius 1 is 1.56 bits per heavy atom. The van der Waals surface area contributed by atoms with Gasteiger partial charge < -0.3 is 10.1 Å². The van der Waals surface area contributed by atoms with Crippen LogP contribution in [-0.4, -0.2) is 20.1 Å². The van der Waals surface area contributed by atoms with Gasteiger partial charge in [-0.15, -0.1) is 0 Å². The van der Waals surface area contributed by atoms with Crippen LogP contribution >= 0.6 is 0 Å². The summed E-state index contributed by atoms with van der Waals surface area (Å²) >= 11 is 0. The molecule has 16 heavy (non-hydrogen) atoms. The van der Waals surface area contributed by atoms with Gasteiger partial charge >= 0.3 is 5.97 Å². The highest BCUT2D eigenvalue weighted by molar-refractivity contribution is 5.71. The van der Waals surface area contributed by atoms with Gasteiger partial charge in [-0.3, -0.25) is 4.79 Å². The quantitative estimate of drug-likeness (QED) is 0.794. The average molecular weight is 225 g/mol. The number of ether oxygens (including phenoxy) is 1. The number of hydrogen-bond donors (Lipinski definition) is 1. The molecule has 1 aromatic rings. The number of methoxy groups -OCH3 is 1. The minimum Gasteiger partial charge on any atom is -0.469 e. The summed E-state index contributed by atoms with van der Waals surface area (Å²) in [4.78, 5) is 11.3. The van der Waals surface area contributed by atoms with Gasteiger partial charge in [0.1, 0.15) is 5.82 Å². The summed E-state index contributed by atoms with van der Waals surface area (Å²) in [7, 11) is 3.07. The van der Waals surface area contributed by atoms with E-state index in [0.29, 0.717) is 0 Å². The van der Waals surface area contributed by atoms with Crippen molar-refractivity contribution in [2.75, 3.05) is 14.2 Å². The Kier molecular flexibility index (Phi) is 4.01. The van der Waals surface area contributed by atoms with Gasteiger partial charge in [0, 0.05) is 0 Å². The molecular weight excluding hydrogens is 209 g/mol. The van der Waals surface area contributed by atoms with Crippen LogP contribution < -0.4 is 5.32 Å². The average Bonchev–Trinajstić information content (AvgIpc) is 2.28. The molecule has 0 aliphatic carbocycles. The number of hydrogen-bond acceptors (Lipinski definition) is 3. The zero-order valence-electron chi connectivity index (χ0n) is 9.71. The van der Waals surface area contributed by atoms with Gasteiger partial charge in [0.2, 0.25) is 0 Å². The van der Waals surface area contributed by atoms with Gasteiger partial charge in [0.05, 0.1) is 19.1 Å². The lowest BCUT2D eigenvalue weighted by Crippen LogP contribution is -2.39. The summed E-state index contributed by atoms with van der Waals surface area (Å²) in [5.41, 5.74) is 0.107. The Morgan fingerprint density at radius 2 is 2.25 bits per heavy atom. The summed E-state index contributed by atoms with van der Waals surface area (Å²) in [5, 5.41) is 3.02. The van der Waals surface area contributed by atoms with Gasteiger partial charge in [-0.1, -0.05) is 12.1 Å². The van der Waals surface area contributed by atoms with Crippen molar-refractivity contribution in [1.82, 2.24) is 5.32 Å². The van der Waals surface area contributed by atoms with Crippen LogP contribution in [0.2, 0.25) is 0 Å². The third-order valence-corrected chi connectivity index (χ3v) is 2.74. The van der Waals surface area contributed by atoms with E-state index in [1.807, 2.05) is 6.92 Å². The summed E-state index contributed by atoms with van der Waals surface area (Å²) in [6.07, 6.45) is 0.156. The van der Waals surface area contributed by atoms with Crippen LogP contribution in [0.3, 0.4) is 0 Å². The molecule has 3 nitrogen and oxygen atoms in total. The first-order chi connectivity index (χ1) is 7.51. The zero-order valence-corrected chi connectivity index (χ0v) is 9.71. The van der Waals surface area contributed by atoms with Crippen LogP contribution in [0.15, 0.2) is 24.3 Å². The minimum absolute atomic E-state index is 0.156. The maximum atomic E-state index is 13.1. The monoisotopic (exact) mass is 225 g/mol. The number of esters is 1. The summed E-state index contributed by atoms with van der Waals surface area (Å²) in [5.74, 6) is -0.648. The Morgan fingerprint density at radius 3 is 2.75 bits per heavy atom. The second kappa shape index (κ2) is 5.07. The standard InChI is InChI=1S/C12H16FNO2/c1-12(14-2,8-11(15)16-3)9-5-4-6-10(13)7-9/h4-7,14H,8H2,1-3H3/t12-/m1/s1. The molecule has 1 aromatic carbocycles. The third kappa shape index (κ3) is 2.79. The Hall–Kier alpha value is -1.42. The van der Waals surface area contributed by atoms with Crippen molar-refractivity contribution in [3.63, 3.8) is 0 Å². The van der Waals surface area contributed by atoms with Crippen molar-refractivity contribution < 1.29 is 13.9 Å². The zero-order chi connectivity index (χ0) is 12.2. The van der Waals surface area contributed by atoms with E-state index in [2.05, 4.69) is 10.1 Å². The normalized spacial score (nSPS) is 14.2. The van der Waals surface area contributed by atoms with Crippen LogP contribution in [0, 0.1) is 5.82 Å². The molecular formula is C12H16FNO2. The van der Waals surface area contributed by atoms with Crippen LogP contribution in [0.25, 0.3) is 0 Å². The van der Waals surface area contributed by atoms with Crippen molar-refractivity contribution in [3.05, 3.63) is 35.6 Å². The molecule has 1 N–H and O–H groups in total. The fraction of sp³-hybridized carbons (Fsp3) is 0.417. The molecule has 0 aliphatic heterocycles. The largest absolute Gasteiger partial charge is 0.469 e. The van der Waals surface area contributed by atoms with Gasteiger partial charge in [0.15, 0.2) is 0 Å². The predicted molar refractivity (Wildman–Crippen MR) is 59.4 cm³/mol. The molecule has 0 bridgehead atoms. The van der Waals surface area contributed by atoms with Crippen molar-refractivity contribution in [2.45, 2.75) is 18.9 Å². The first kappa shape index (κ1) is 12.6. The molecule has 1 rings (SSSR count). The van der Waals surface area contributed by atoms with E-state index in [9.17, 15) is 9.18 Å². The molecule has 0 unspecified atom stereocenters. The van der Waals surface area contributed by atoms with Crippen LogP contribution in [0.1, 0.15) is 18.9 Å². The summed E-state index contributed by atoms with van der Waals surface area (Å²) in [6, 6.07) is 6.19. The lowest BCUT2D eigenvalue weighted by Gasteiger charge is -2.28. The van der Waals surface area contributed by atoms with E-state index >= 15 is 0 Å². The number of rotatable bonds is 4. The van der Waals surface area contributed by atoms with Gasteiger partial charge in [-0.05, 0) is 31.7 Å². The Bertz CT molecular complexity index is 381. The highest BCUT2D eigenvalue weighted by Gasteiger charge is 2.28. The molecule has 88 valence electrons. The molecule has 0 spiro atoms. The van der Waals surface area contributed by atoms with Crippen LogP contribution in [-0.2, 0) is 15.1 Å². The maximum absolute atomic E-state index is 13.1. The molecule has 0 saturated heterocycles. The molecule has 0 heterocycles. The van der Waals surface area contributed by atoms with E-state index in [-0.39, 0.29) is 18.2 Å². The molecule has 1 atom stereocenters. The first-order valence-electron chi connectivity index (χ1n) is 5.03. The molecule has 0 radical (unpaired) electrons. The Balaban J connectivity index is 2.99. The van der Waals surface area contributed by atoms with Crippen molar-refractivity contribution >= 4 is 5.97 Å². The molecule has 0 aliphatic rings. The van der Waals surface area contributed by atoms with Gasteiger partial charge in [-0.25, -0.2) is 4.39 Å². The second-order valence-electron chi connectivity index (χ2n) is 3.85.